The number of hydrogen-bond donors (Lipinski definition) is 3. The highest BCUT2D eigenvalue weighted by Gasteiger charge is 2.24. The van der Waals surface area contributed by atoms with E-state index < -0.39 is 15.8 Å². The molecular weight excluding hydrogens is 297 g/mol. The predicted molar refractivity (Wildman–Crippen MR) is 75.3 cm³/mol. The summed E-state index contributed by atoms with van der Waals surface area (Å²) in [7, 11) is -3.88. The van der Waals surface area contributed by atoms with Gasteiger partial charge in [-0.2, -0.15) is 0 Å². The van der Waals surface area contributed by atoms with Gasteiger partial charge in [0.05, 0.1) is 4.90 Å². The molecule has 6 nitrogen and oxygen atoms in total. The average molecular weight is 315 g/mol. The maximum atomic E-state index is 13.5. The highest BCUT2D eigenvalue weighted by atomic mass is 32.2. The molecule has 0 spiro atoms. The standard InChI is InChI=1S/C13H18FN3O3S/c14-11-2-1-3-12(10(11)8-15)21(19,20)16-7-6-13(18)17-9-4-5-9/h1-3,9,16H,4-8,15H2,(H,17,18). The van der Waals surface area contributed by atoms with Gasteiger partial charge >= 0.3 is 0 Å². The SMILES string of the molecule is NCc1c(F)cccc1S(=O)(=O)NCCC(=O)NC1CC1. The van der Waals surface area contributed by atoms with Crippen molar-refractivity contribution in [3.05, 3.63) is 29.6 Å². The quantitative estimate of drug-likeness (QED) is 0.670. The summed E-state index contributed by atoms with van der Waals surface area (Å²) < 4.78 is 40.1. The third-order valence-corrected chi connectivity index (χ3v) is 4.70. The molecule has 1 amide bonds. The lowest BCUT2D eigenvalue weighted by molar-refractivity contribution is -0.121. The van der Waals surface area contributed by atoms with E-state index in [1.165, 1.54) is 12.1 Å². The van der Waals surface area contributed by atoms with Gasteiger partial charge in [0.15, 0.2) is 0 Å². The Labute approximate surface area is 123 Å². The zero-order valence-electron chi connectivity index (χ0n) is 11.4. The Morgan fingerprint density at radius 3 is 2.71 bits per heavy atom. The van der Waals surface area contributed by atoms with Crippen molar-refractivity contribution in [2.45, 2.75) is 36.7 Å². The average Bonchev–Trinajstić information content (AvgIpc) is 3.22. The minimum Gasteiger partial charge on any atom is -0.353 e. The van der Waals surface area contributed by atoms with Gasteiger partial charge in [-0.3, -0.25) is 4.79 Å². The Morgan fingerprint density at radius 1 is 1.38 bits per heavy atom. The summed E-state index contributed by atoms with van der Waals surface area (Å²) in [4.78, 5) is 11.3. The van der Waals surface area contributed by atoms with Crippen LogP contribution in [0, 0.1) is 5.82 Å². The fourth-order valence-electron chi connectivity index (χ4n) is 1.89. The molecule has 1 fully saturated rings. The molecule has 0 radical (unpaired) electrons. The van der Waals surface area contributed by atoms with Gasteiger partial charge in [-0.05, 0) is 25.0 Å². The molecule has 1 aromatic rings. The van der Waals surface area contributed by atoms with Crippen LogP contribution in [-0.2, 0) is 21.4 Å². The Hall–Kier alpha value is -1.51. The maximum absolute atomic E-state index is 13.5. The molecule has 21 heavy (non-hydrogen) atoms. The molecule has 2 rings (SSSR count). The summed E-state index contributed by atoms with van der Waals surface area (Å²) in [6, 6.07) is 3.99. The van der Waals surface area contributed by atoms with Crippen molar-refractivity contribution in [1.29, 1.82) is 0 Å². The number of carbonyl (C=O) groups is 1. The Bertz CT molecular complexity index is 630. The summed E-state index contributed by atoms with van der Waals surface area (Å²) >= 11 is 0. The normalized spacial score (nSPS) is 15.0. The fraction of sp³-hybridized carbons (Fsp3) is 0.462. The lowest BCUT2D eigenvalue weighted by Gasteiger charge is -2.11. The fourth-order valence-corrected chi connectivity index (χ4v) is 3.18. The van der Waals surface area contributed by atoms with E-state index in [2.05, 4.69) is 10.0 Å². The van der Waals surface area contributed by atoms with Crippen molar-refractivity contribution in [1.82, 2.24) is 10.0 Å². The van der Waals surface area contributed by atoms with Crippen LogP contribution in [0.15, 0.2) is 23.1 Å². The van der Waals surface area contributed by atoms with E-state index in [1.807, 2.05) is 0 Å². The number of sulfonamides is 1. The van der Waals surface area contributed by atoms with E-state index in [1.54, 1.807) is 0 Å². The molecule has 8 heteroatoms. The van der Waals surface area contributed by atoms with Crippen LogP contribution in [0.3, 0.4) is 0 Å². The van der Waals surface area contributed by atoms with Gasteiger partial charge in [0.1, 0.15) is 5.82 Å². The van der Waals surface area contributed by atoms with Crippen molar-refractivity contribution in [3.63, 3.8) is 0 Å². The van der Waals surface area contributed by atoms with Crippen LogP contribution in [0.1, 0.15) is 24.8 Å². The van der Waals surface area contributed by atoms with Crippen molar-refractivity contribution < 1.29 is 17.6 Å². The van der Waals surface area contributed by atoms with Crippen LogP contribution in [0.25, 0.3) is 0 Å². The van der Waals surface area contributed by atoms with E-state index in [-0.39, 0.29) is 41.9 Å². The topological polar surface area (TPSA) is 101 Å². The van der Waals surface area contributed by atoms with E-state index in [4.69, 9.17) is 5.73 Å². The first-order chi connectivity index (χ1) is 9.94. The molecule has 4 N–H and O–H groups in total. The summed E-state index contributed by atoms with van der Waals surface area (Å²) in [5.41, 5.74) is 5.33. The number of amides is 1. The maximum Gasteiger partial charge on any atom is 0.241 e. The Kier molecular flexibility index (Phi) is 4.92. The molecule has 0 unspecified atom stereocenters. The second-order valence-electron chi connectivity index (χ2n) is 4.91. The molecule has 1 aliphatic rings. The number of benzene rings is 1. The second-order valence-corrected chi connectivity index (χ2v) is 6.65. The van der Waals surface area contributed by atoms with Gasteiger partial charge < -0.3 is 11.1 Å². The zero-order valence-corrected chi connectivity index (χ0v) is 12.2. The molecule has 116 valence electrons. The summed E-state index contributed by atoms with van der Waals surface area (Å²) in [6.07, 6.45) is 1.99. The minimum absolute atomic E-state index is 0.0403. The van der Waals surface area contributed by atoms with Crippen LogP contribution in [-0.4, -0.2) is 26.9 Å². The number of halogens is 1. The number of carbonyl (C=O) groups excluding carboxylic acids is 1. The number of nitrogens with one attached hydrogen (secondary N) is 2. The van der Waals surface area contributed by atoms with Gasteiger partial charge in [0, 0.05) is 31.1 Å². The molecule has 0 aliphatic heterocycles. The highest BCUT2D eigenvalue weighted by molar-refractivity contribution is 7.89. The monoisotopic (exact) mass is 315 g/mol. The molecule has 0 aromatic heterocycles. The first-order valence-electron chi connectivity index (χ1n) is 6.70. The molecule has 0 saturated heterocycles. The van der Waals surface area contributed by atoms with Crippen LogP contribution in [0.2, 0.25) is 0 Å². The van der Waals surface area contributed by atoms with E-state index in [0.717, 1.165) is 18.9 Å². The highest BCUT2D eigenvalue weighted by Crippen LogP contribution is 2.19. The van der Waals surface area contributed by atoms with Gasteiger partial charge in [-0.1, -0.05) is 6.07 Å². The van der Waals surface area contributed by atoms with Crippen molar-refractivity contribution >= 4 is 15.9 Å². The molecule has 1 saturated carbocycles. The second kappa shape index (κ2) is 6.50. The predicted octanol–water partition coefficient (Wildman–Crippen LogP) is 0.231. The number of rotatable bonds is 7. The molecular formula is C13H18FN3O3S. The lowest BCUT2D eigenvalue weighted by atomic mass is 10.2. The summed E-state index contributed by atoms with van der Waals surface area (Å²) in [6.45, 7) is -0.257. The van der Waals surface area contributed by atoms with Crippen LogP contribution in [0.5, 0.6) is 0 Å². The van der Waals surface area contributed by atoms with Gasteiger partial charge in [0.2, 0.25) is 15.9 Å². The zero-order chi connectivity index (χ0) is 15.5. The van der Waals surface area contributed by atoms with Gasteiger partial charge in [0.25, 0.3) is 0 Å². The molecule has 0 atom stereocenters. The first kappa shape index (κ1) is 15.9. The number of nitrogens with two attached hydrogens (primary N) is 1. The number of hydrogen-bond acceptors (Lipinski definition) is 4. The van der Waals surface area contributed by atoms with Crippen LogP contribution in [0.4, 0.5) is 4.39 Å². The smallest absolute Gasteiger partial charge is 0.241 e. The largest absolute Gasteiger partial charge is 0.353 e. The van der Waals surface area contributed by atoms with E-state index in [9.17, 15) is 17.6 Å². The molecule has 0 heterocycles. The third-order valence-electron chi connectivity index (χ3n) is 3.16. The first-order valence-corrected chi connectivity index (χ1v) is 8.19. The van der Waals surface area contributed by atoms with Crippen molar-refractivity contribution in [2.24, 2.45) is 5.73 Å². The van der Waals surface area contributed by atoms with E-state index in [0.29, 0.717) is 0 Å². The minimum atomic E-state index is -3.88. The van der Waals surface area contributed by atoms with Crippen molar-refractivity contribution in [3.8, 4) is 0 Å². The summed E-state index contributed by atoms with van der Waals surface area (Å²) in [5, 5.41) is 2.76. The summed E-state index contributed by atoms with van der Waals surface area (Å²) in [5.74, 6) is -0.856. The van der Waals surface area contributed by atoms with Crippen LogP contribution < -0.4 is 15.8 Å². The molecule has 1 aromatic carbocycles. The Morgan fingerprint density at radius 2 is 2.10 bits per heavy atom. The van der Waals surface area contributed by atoms with Crippen LogP contribution >= 0.6 is 0 Å². The molecule has 0 bridgehead atoms. The molecule has 1 aliphatic carbocycles. The van der Waals surface area contributed by atoms with Gasteiger partial charge in [-0.25, -0.2) is 17.5 Å². The lowest BCUT2D eigenvalue weighted by Crippen LogP contribution is -2.32. The third kappa shape index (κ3) is 4.23. The van der Waals surface area contributed by atoms with Crippen molar-refractivity contribution in [2.75, 3.05) is 6.54 Å². The Balaban J connectivity index is 1.98. The van der Waals surface area contributed by atoms with Gasteiger partial charge in [-0.15, -0.1) is 0 Å². The van der Waals surface area contributed by atoms with E-state index >= 15 is 0 Å².